The van der Waals surface area contributed by atoms with Gasteiger partial charge in [0.15, 0.2) is 0 Å². The van der Waals surface area contributed by atoms with Crippen molar-refractivity contribution >= 4 is 11.8 Å². The summed E-state index contributed by atoms with van der Waals surface area (Å²) in [6.07, 6.45) is 2.72. The number of rotatable bonds is 4. The van der Waals surface area contributed by atoms with E-state index in [2.05, 4.69) is 35.6 Å². The van der Waals surface area contributed by atoms with Gasteiger partial charge in [0.25, 0.3) is 0 Å². The molecule has 76 valence electrons. The Morgan fingerprint density at radius 2 is 2.14 bits per heavy atom. The fraction of sp³-hybridized carbons (Fsp3) is 0.500. The first-order valence-electron chi connectivity index (χ1n) is 5.30. The highest BCUT2D eigenvalue weighted by atomic mass is 32.2. The predicted octanol–water partition coefficient (Wildman–Crippen LogP) is 2.67. The second-order valence-corrected chi connectivity index (χ2v) is 4.82. The Balaban J connectivity index is 1.67. The van der Waals surface area contributed by atoms with Gasteiger partial charge in [-0.2, -0.15) is 11.8 Å². The maximum absolute atomic E-state index is 3.52. The summed E-state index contributed by atoms with van der Waals surface area (Å²) < 4.78 is 0. The van der Waals surface area contributed by atoms with Crippen LogP contribution in [0.25, 0.3) is 0 Å². The quantitative estimate of drug-likeness (QED) is 0.814. The summed E-state index contributed by atoms with van der Waals surface area (Å²) in [5.74, 6) is 2.41. The van der Waals surface area contributed by atoms with Crippen molar-refractivity contribution in [1.82, 2.24) is 5.32 Å². The van der Waals surface area contributed by atoms with Crippen molar-refractivity contribution in [2.45, 2.75) is 24.6 Å². The molecule has 1 aliphatic rings. The maximum atomic E-state index is 3.52. The Hall–Kier alpha value is -0.470. The van der Waals surface area contributed by atoms with Crippen LogP contribution >= 0.6 is 11.8 Å². The lowest BCUT2D eigenvalue weighted by molar-refractivity contribution is 0.674. The molecule has 0 amide bonds. The van der Waals surface area contributed by atoms with Gasteiger partial charge in [-0.1, -0.05) is 30.3 Å². The smallest absolute Gasteiger partial charge is 0.0185 e. The Morgan fingerprint density at radius 1 is 1.29 bits per heavy atom. The van der Waals surface area contributed by atoms with E-state index in [9.17, 15) is 0 Å². The summed E-state index contributed by atoms with van der Waals surface area (Å²) in [4.78, 5) is 0. The lowest BCUT2D eigenvalue weighted by Crippen LogP contribution is -2.23. The molecular formula is C12H17NS. The van der Waals surface area contributed by atoms with Crippen molar-refractivity contribution < 1.29 is 0 Å². The molecule has 1 nitrogen and oxygen atoms in total. The summed E-state index contributed by atoms with van der Waals surface area (Å²) in [5, 5.41) is 3.52. The highest BCUT2D eigenvalue weighted by Gasteiger charge is 2.12. The van der Waals surface area contributed by atoms with Crippen LogP contribution in [0.1, 0.15) is 18.4 Å². The first-order valence-corrected chi connectivity index (χ1v) is 6.46. The number of thioether (sulfide) groups is 1. The zero-order valence-corrected chi connectivity index (χ0v) is 9.22. The van der Waals surface area contributed by atoms with Crippen molar-refractivity contribution in [3.63, 3.8) is 0 Å². The van der Waals surface area contributed by atoms with Gasteiger partial charge in [-0.15, -0.1) is 0 Å². The molecule has 1 saturated heterocycles. The fourth-order valence-corrected chi connectivity index (χ4v) is 2.91. The minimum absolute atomic E-state index is 0.767. The number of benzene rings is 1. The van der Waals surface area contributed by atoms with Crippen LogP contribution in [0.4, 0.5) is 0 Å². The third-order valence-electron chi connectivity index (χ3n) is 2.59. The first-order chi connectivity index (χ1) is 6.95. The van der Waals surface area contributed by atoms with Crippen molar-refractivity contribution in [2.24, 2.45) is 0 Å². The van der Waals surface area contributed by atoms with Crippen LogP contribution in [0, 0.1) is 0 Å². The molecular weight excluding hydrogens is 190 g/mol. The number of nitrogens with one attached hydrogen (secondary N) is 1. The van der Waals surface area contributed by atoms with Crippen LogP contribution in [-0.4, -0.2) is 18.3 Å². The summed E-state index contributed by atoms with van der Waals surface area (Å²) in [6, 6.07) is 11.5. The average molecular weight is 207 g/mol. The average Bonchev–Trinajstić information content (AvgIpc) is 2.72. The topological polar surface area (TPSA) is 12.0 Å². The van der Waals surface area contributed by atoms with Gasteiger partial charge in [0, 0.05) is 17.5 Å². The normalized spacial score (nSPS) is 21.3. The molecule has 0 aliphatic carbocycles. The van der Waals surface area contributed by atoms with E-state index < -0.39 is 0 Å². The van der Waals surface area contributed by atoms with Crippen molar-refractivity contribution in [1.29, 1.82) is 0 Å². The molecule has 1 N–H and O–H groups in total. The van der Waals surface area contributed by atoms with Crippen LogP contribution in [0.2, 0.25) is 0 Å². The van der Waals surface area contributed by atoms with Crippen molar-refractivity contribution in [3.8, 4) is 0 Å². The van der Waals surface area contributed by atoms with Crippen LogP contribution in [0.5, 0.6) is 0 Å². The van der Waals surface area contributed by atoms with Gasteiger partial charge in [0.05, 0.1) is 0 Å². The Labute approximate surface area is 90.3 Å². The predicted molar refractivity (Wildman–Crippen MR) is 63.6 cm³/mol. The van der Waals surface area contributed by atoms with Crippen LogP contribution in [0.15, 0.2) is 30.3 Å². The maximum Gasteiger partial charge on any atom is 0.0185 e. The van der Waals surface area contributed by atoms with E-state index in [4.69, 9.17) is 0 Å². The summed E-state index contributed by atoms with van der Waals surface area (Å²) in [7, 11) is 0. The molecule has 14 heavy (non-hydrogen) atoms. The second kappa shape index (κ2) is 5.42. The van der Waals surface area contributed by atoms with Crippen LogP contribution < -0.4 is 5.32 Å². The molecule has 0 radical (unpaired) electrons. The minimum Gasteiger partial charge on any atom is -0.313 e. The van der Waals surface area contributed by atoms with Crippen LogP contribution in [-0.2, 0) is 5.75 Å². The molecule has 1 aromatic rings. The third-order valence-corrected chi connectivity index (χ3v) is 3.77. The van der Waals surface area contributed by atoms with Crippen LogP contribution in [0.3, 0.4) is 0 Å². The van der Waals surface area contributed by atoms with Gasteiger partial charge in [-0.25, -0.2) is 0 Å². The van der Waals surface area contributed by atoms with E-state index in [-0.39, 0.29) is 0 Å². The molecule has 1 aliphatic heterocycles. The van der Waals surface area contributed by atoms with E-state index in [1.54, 1.807) is 0 Å². The van der Waals surface area contributed by atoms with Gasteiger partial charge >= 0.3 is 0 Å². The molecule has 2 rings (SSSR count). The standard InChI is InChI=1S/C12H17NS/c1-2-5-11(6-3-1)9-14-10-12-7-4-8-13-12/h1-3,5-6,12-13H,4,7-10H2. The minimum atomic E-state index is 0.767. The van der Waals surface area contributed by atoms with Gasteiger partial charge in [0.2, 0.25) is 0 Å². The Kier molecular flexibility index (Phi) is 3.90. The van der Waals surface area contributed by atoms with Gasteiger partial charge in [-0.05, 0) is 24.9 Å². The van der Waals surface area contributed by atoms with E-state index in [0.29, 0.717) is 0 Å². The Bertz CT molecular complexity index is 254. The number of hydrogen-bond acceptors (Lipinski definition) is 2. The molecule has 1 atom stereocenters. The summed E-state index contributed by atoms with van der Waals surface area (Å²) in [6.45, 7) is 1.22. The molecule has 1 unspecified atom stereocenters. The SMILES string of the molecule is c1ccc(CSCC2CCCN2)cc1. The van der Waals surface area contributed by atoms with Gasteiger partial charge in [-0.3, -0.25) is 0 Å². The highest BCUT2D eigenvalue weighted by Crippen LogP contribution is 2.16. The second-order valence-electron chi connectivity index (χ2n) is 3.79. The zero-order chi connectivity index (χ0) is 9.64. The molecule has 1 fully saturated rings. The molecule has 2 heteroatoms. The van der Waals surface area contributed by atoms with Crippen molar-refractivity contribution in [3.05, 3.63) is 35.9 Å². The van der Waals surface area contributed by atoms with Gasteiger partial charge in [0.1, 0.15) is 0 Å². The number of hydrogen-bond donors (Lipinski definition) is 1. The van der Waals surface area contributed by atoms with E-state index in [1.165, 1.54) is 30.7 Å². The molecule has 1 aromatic carbocycles. The first kappa shape index (κ1) is 10.1. The summed E-state index contributed by atoms with van der Waals surface area (Å²) in [5.41, 5.74) is 1.44. The van der Waals surface area contributed by atoms with Crippen molar-refractivity contribution in [2.75, 3.05) is 12.3 Å². The molecule has 1 heterocycles. The zero-order valence-electron chi connectivity index (χ0n) is 8.41. The van der Waals surface area contributed by atoms with Gasteiger partial charge < -0.3 is 5.32 Å². The highest BCUT2D eigenvalue weighted by molar-refractivity contribution is 7.98. The lowest BCUT2D eigenvalue weighted by Gasteiger charge is -2.08. The molecule has 0 bridgehead atoms. The fourth-order valence-electron chi connectivity index (χ4n) is 1.79. The monoisotopic (exact) mass is 207 g/mol. The lowest BCUT2D eigenvalue weighted by atomic mass is 10.2. The van der Waals surface area contributed by atoms with E-state index in [1.807, 2.05) is 11.8 Å². The molecule has 0 spiro atoms. The Morgan fingerprint density at radius 3 is 2.86 bits per heavy atom. The summed E-state index contributed by atoms with van der Waals surface area (Å²) >= 11 is 2.04. The third kappa shape index (κ3) is 3.03. The molecule has 0 saturated carbocycles. The largest absolute Gasteiger partial charge is 0.313 e. The molecule has 0 aromatic heterocycles. The van der Waals surface area contributed by atoms with E-state index in [0.717, 1.165) is 11.8 Å². The van der Waals surface area contributed by atoms with E-state index >= 15 is 0 Å².